The van der Waals surface area contributed by atoms with Gasteiger partial charge in [-0.1, -0.05) is 6.07 Å². The van der Waals surface area contributed by atoms with Crippen LogP contribution in [-0.2, 0) is 14.8 Å². The molecule has 36 heavy (non-hydrogen) atoms. The van der Waals surface area contributed by atoms with E-state index in [1.165, 1.54) is 11.4 Å². The molecule has 1 aliphatic heterocycles. The van der Waals surface area contributed by atoms with Gasteiger partial charge >= 0.3 is 0 Å². The third-order valence-corrected chi connectivity index (χ3v) is 7.49. The Hall–Kier alpha value is -3.61. The fraction of sp³-hybridized carbons (Fsp3) is 0.333. The van der Waals surface area contributed by atoms with Crippen LogP contribution in [0.2, 0.25) is 0 Å². The van der Waals surface area contributed by atoms with Gasteiger partial charge in [0.15, 0.2) is 11.5 Å². The van der Waals surface area contributed by atoms with Crippen LogP contribution in [0.5, 0.6) is 17.2 Å². The number of nitrogens with one attached hydrogen (secondary N) is 2. The zero-order valence-corrected chi connectivity index (χ0v) is 21.4. The molecule has 2 heterocycles. The van der Waals surface area contributed by atoms with E-state index in [0.717, 1.165) is 5.56 Å². The van der Waals surface area contributed by atoms with E-state index in [1.54, 1.807) is 56.8 Å². The maximum Gasteiger partial charge on any atom is 0.243 e. The van der Waals surface area contributed by atoms with E-state index in [2.05, 4.69) is 20.6 Å². The second-order valence-corrected chi connectivity index (χ2v) is 9.87. The van der Waals surface area contributed by atoms with Gasteiger partial charge in [0.25, 0.3) is 0 Å². The first-order chi connectivity index (χ1) is 17.3. The van der Waals surface area contributed by atoms with Crippen molar-refractivity contribution in [1.82, 2.24) is 14.3 Å². The van der Waals surface area contributed by atoms with Crippen molar-refractivity contribution in [2.45, 2.75) is 11.8 Å². The Morgan fingerprint density at radius 2 is 1.64 bits per heavy atom. The number of sulfonamides is 1. The lowest BCUT2D eigenvalue weighted by atomic mass is 10.2. The molecule has 1 aliphatic rings. The monoisotopic (exact) mass is 515 g/mol. The Kier molecular flexibility index (Phi) is 7.77. The molecule has 3 aromatic rings. The molecular formula is C24H29N5O6S. The SMILES string of the molecule is COc1cc(Nc2ncc(C)c(Nc3cccc(S(=O)(=O)N4CCOCC4)c3)n2)cc(OC)c1OC. The number of aromatic nitrogens is 2. The van der Waals surface area contributed by atoms with E-state index in [-0.39, 0.29) is 4.90 Å². The second kappa shape index (κ2) is 11.0. The predicted octanol–water partition coefficient (Wildman–Crippen LogP) is 3.32. The summed E-state index contributed by atoms with van der Waals surface area (Å²) in [6, 6.07) is 10.2. The molecule has 0 saturated carbocycles. The highest BCUT2D eigenvalue weighted by Crippen LogP contribution is 2.40. The molecule has 0 aliphatic carbocycles. The summed E-state index contributed by atoms with van der Waals surface area (Å²) in [4.78, 5) is 9.14. The molecular weight excluding hydrogens is 486 g/mol. The lowest BCUT2D eigenvalue weighted by molar-refractivity contribution is 0.0730. The van der Waals surface area contributed by atoms with Crippen LogP contribution in [0, 0.1) is 6.92 Å². The number of rotatable bonds is 9. The van der Waals surface area contributed by atoms with Crippen molar-refractivity contribution in [2.24, 2.45) is 0 Å². The second-order valence-electron chi connectivity index (χ2n) is 7.93. The van der Waals surface area contributed by atoms with Gasteiger partial charge in [-0.25, -0.2) is 13.4 Å². The Morgan fingerprint density at radius 1 is 0.944 bits per heavy atom. The zero-order valence-electron chi connectivity index (χ0n) is 20.6. The summed E-state index contributed by atoms with van der Waals surface area (Å²) in [5.41, 5.74) is 2.01. The molecule has 12 heteroatoms. The number of benzene rings is 2. The van der Waals surface area contributed by atoms with Crippen molar-refractivity contribution in [3.63, 3.8) is 0 Å². The summed E-state index contributed by atoms with van der Waals surface area (Å²) in [6.07, 6.45) is 1.67. The van der Waals surface area contributed by atoms with Crippen LogP contribution in [0.3, 0.4) is 0 Å². The molecule has 1 fully saturated rings. The van der Waals surface area contributed by atoms with E-state index >= 15 is 0 Å². The van der Waals surface area contributed by atoms with E-state index in [0.29, 0.717) is 66.7 Å². The minimum absolute atomic E-state index is 0.205. The summed E-state index contributed by atoms with van der Waals surface area (Å²) in [6.45, 7) is 3.31. The molecule has 11 nitrogen and oxygen atoms in total. The van der Waals surface area contributed by atoms with Gasteiger partial charge in [-0.15, -0.1) is 0 Å². The molecule has 0 radical (unpaired) electrons. The van der Waals surface area contributed by atoms with Crippen molar-refractivity contribution in [3.8, 4) is 17.2 Å². The summed E-state index contributed by atoms with van der Waals surface area (Å²) in [5.74, 6) is 2.31. The van der Waals surface area contributed by atoms with Gasteiger partial charge in [0.2, 0.25) is 21.7 Å². The molecule has 1 aromatic heterocycles. The maximum absolute atomic E-state index is 13.0. The van der Waals surface area contributed by atoms with Gasteiger partial charge in [0, 0.05) is 48.4 Å². The van der Waals surface area contributed by atoms with Crippen LogP contribution in [0.15, 0.2) is 47.5 Å². The van der Waals surface area contributed by atoms with Gasteiger partial charge in [0.1, 0.15) is 5.82 Å². The molecule has 2 aromatic carbocycles. The molecule has 0 spiro atoms. The number of anilines is 4. The molecule has 0 bridgehead atoms. The topological polar surface area (TPSA) is 124 Å². The van der Waals surface area contributed by atoms with Crippen LogP contribution in [-0.4, -0.2) is 70.3 Å². The first-order valence-corrected chi connectivity index (χ1v) is 12.7. The van der Waals surface area contributed by atoms with E-state index < -0.39 is 10.0 Å². The minimum atomic E-state index is -3.62. The van der Waals surface area contributed by atoms with Gasteiger partial charge in [-0.3, -0.25) is 0 Å². The van der Waals surface area contributed by atoms with Crippen molar-refractivity contribution in [2.75, 3.05) is 58.3 Å². The first kappa shape index (κ1) is 25.5. The molecule has 1 saturated heterocycles. The summed E-state index contributed by atoms with van der Waals surface area (Å²) >= 11 is 0. The minimum Gasteiger partial charge on any atom is -0.493 e. The normalized spacial score (nSPS) is 14.2. The lowest BCUT2D eigenvalue weighted by Crippen LogP contribution is -2.40. The number of methoxy groups -OCH3 is 3. The molecule has 0 unspecified atom stereocenters. The smallest absolute Gasteiger partial charge is 0.243 e. The van der Waals surface area contributed by atoms with Crippen molar-refractivity contribution in [3.05, 3.63) is 48.2 Å². The number of morpholine rings is 1. The predicted molar refractivity (Wildman–Crippen MR) is 135 cm³/mol. The highest BCUT2D eigenvalue weighted by molar-refractivity contribution is 7.89. The largest absolute Gasteiger partial charge is 0.493 e. The van der Waals surface area contributed by atoms with E-state index in [1.807, 2.05) is 6.92 Å². The summed E-state index contributed by atoms with van der Waals surface area (Å²) in [7, 11) is 0.998. The number of hydrogen-bond donors (Lipinski definition) is 2. The summed E-state index contributed by atoms with van der Waals surface area (Å²) in [5, 5.41) is 6.35. The fourth-order valence-corrected chi connectivity index (χ4v) is 5.17. The van der Waals surface area contributed by atoms with Crippen LogP contribution in [0.1, 0.15) is 5.56 Å². The Morgan fingerprint density at radius 3 is 2.28 bits per heavy atom. The highest BCUT2D eigenvalue weighted by atomic mass is 32.2. The van der Waals surface area contributed by atoms with Crippen molar-refractivity contribution < 1.29 is 27.4 Å². The van der Waals surface area contributed by atoms with E-state index in [4.69, 9.17) is 18.9 Å². The molecule has 0 amide bonds. The summed E-state index contributed by atoms with van der Waals surface area (Å²) < 4.78 is 49.0. The Balaban J connectivity index is 1.57. The Bertz CT molecular complexity index is 1300. The first-order valence-electron chi connectivity index (χ1n) is 11.2. The zero-order chi connectivity index (χ0) is 25.7. The fourth-order valence-electron chi connectivity index (χ4n) is 3.72. The average molecular weight is 516 g/mol. The number of aryl methyl sites for hydroxylation is 1. The molecule has 2 N–H and O–H groups in total. The Labute approximate surface area is 210 Å². The lowest BCUT2D eigenvalue weighted by Gasteiger charge is -2.26. The third kappa shape index (κ3) is 5.45. The average Bonchev–Trinajstić information content (AvgIpc) is 2.90. The molecule has 0 atom stereocenters. The number of ether oxygens (including phenoxy) is 4. The van der Waals surface area contributed by atoms with Crippen molar-refractivity contribution in [1.29, 1.82) is 0 Å². The van der Waals surface area contributed by atoms with E-state index in [9.17, 15) is 8.42 Å². The van der Waals surface area contributed by atoms with Crippen LogP contribution < -0.4 is 24.8 Å². The quantitative estimate of drug-likeness (QED) is 0.438. The standard InChI is InChI=1S/C24H29N5O6S/c1-16-15-25-24(27-18-13-20(32-2)22(34-4)21(14-18)33-3)28-23(16)26-17-6-5-7-19(12-17)36(30,31)29-8-10-35-11-9-29/h5-7,12-15H,8-11H2,1-4H3,(H2,25,26,27,28). The van der Waals surface area contributed by atoms with Crippen LogP contribution in [0.25, 0.3) is 0 Å². The number of nitrogens with zero attached hydrogens (tertiary/aromatic N) is 3. The third-order valence-electron chi connectivity index (χ3n) is 5.60. The van der Waals surface area contributed by atoms with Gasteiger partial charge in [0.05, 0.1) is 39.4 Å². The molecule has 192 valence electrons. The maximum atomic E-state index is 13.0. The molecule has 4 rings (SSSR count). The van der Waals surface area contributed by atoms with Gasteiger partial charge < -0.3 is 29.6 Å². The van der Waals surface area contributed by atoms with Gasteiger partial charge in [-0.2, -0.15) is 9.29 Å². The van der Waals surface area contributed by atoms with Crippen LogP contribution in [0.4, 0.5) is 23.1 Å². The number of hydrogen-bond acceptors (Lipinski definition) is 10. The highest BCUT2D eigenvalue weighted by Gasteiger charge is 2.26. The van der Waals surface area contributed by atoms with Crippen molar-refractivity contribution >= 4 is 33.2 Å². The van der Waals surface area contributed by atoms with Gasteiger partial charge in [-0.05, 0) is 25.1 Å². The van der Waals surface area contributed by atoms with Crippen LogP contribution >= 0.6 is 0 Å².